The largest absolute Gasteiger partial charge is 0.454 e. The van der Waals surface area contributed by atoms with Crippen LogP contribution in [0.2, 0.25) is 10.0 Å². The number of nitro groups is 1. The summed E-state index contributed by atoms with van der Waals surface area (Å²) in [7, 11) is 0. The maximum Gasteiger partial charge on any atom is 0.338 e. The maximum absolute atomic E-state index is 12.4. The highest BCUT2D eigenvalue weighted by molar-refractivity contribution is 6.36. The first kappa shape index (κ1) is 23.0. The van der Waals surface area contributed by atoms with E-state index in [9.17, 15) is 19.7 Å². The molecule has 0 spiro atoms. The monoisotopic (exact) mass is 464 g/mol. The molecule has 1 aliphatic rings. The second-order valence-electron chi connectivity index (χ2n) is 7.94. The van der Waals surface area contributed by atoms with Gasteiger partial charge in [-0.3, -0.25) is 14.9 Å². The van der Waals surface area contributed by atoms with Gasteiger partial charge in [0.1, 0.15) is 5.69 Å². The van der Waals surface area contributed by atoms with Crippen molar-refractivity contribution in [3.63, 3.8) is 0 Å². The predicted molar refractivity (Wildman–Crippen MR) is 119 cm³/mol. The fraction of sp³-hybridized carbons (Fsp3) is 0.364. The van der Waals surface area contributed by atoms with Gasteiger partial charge in [-0.1, -0.05) is 37.0 Å². The molecule has 31 heavy (non-hydrogen) atoms. The normalized spacial score (nSPS) is 18.5. The summed E-state index contributed by atoms with van der Waals surface area (Å²) in [5, 5.41) is 12.2. The third-order valence-electron chi connectivity index (χ3n) is 5.18. The molecule has 1 heterocycles. The summed E-state index contributed by atoms with van der Waals surface area (Å²) in [6.45, 7) is 5.11. The van der Waals surface area contributed by atoms with Gasteiger partial charge in [0.15, 0.2) is 6.61 Å². The molecule has 7 nitrogen and oxygen atoms in total. The molecule has 0 unspecified atom stereocenters. The van der Waals surface area contributed by atoms with Crippen LogP contribution < -0.4 is 4.90 Å². The zero-order valence-corrected chi connectivity index (χ0v) is 18.7. The first-order valence-electron chi connectivity index (χ1n) is 9.84. The lowest BCUT2D eigenvalue weighted by Crippen LogP contribution is -2.39. The number of nitrogens with zero attached hydrogens (tertiary/aromatic N) is 2. The third-order valence-corrected chi connectivity index (χ3v) is 5.73. The van der Waals surface area contributed by atoms with Crippen molar-refractivity contribution < 1.29 is 19.2 Å². The Hall–Kier alpha value is -2.64. The number of carbonyl (C=O) groups excluding carboxylic acids is 2. The minimum atomic E-state index is -0.825. The highest BCUT2D eigenvalue weighted by atomic mass is 35.5. The highest BCUT2D eigenvalue weighted by Gasteiger charge is 2.28. The van der Waals surface area contributed by atoms with Crippen LogP contribution in [0.1, 0.15) is 41.0 Å². The molecule has 0 N–H and O–H groups in total. The zero-order chi connectivity index (χ0) is 22.7. The Bertz CT molecular complexity index is 1020. The molecule has 2 aromatic rings. The first-order valence-corrected chi connectivity index (χ1v) is 10.6. The number of Topliss-reactive ketones (excluding diaryl/α,β-unsaturated/α-hetero) is 1. The van der Waals surface area contributed by atoms with E-state index >= 15 is 0 Å². The van der Waals surface area contributed by atoms with Crippen LogP contribution in [-0.4, -0.2) is 36.4 Å². The summed E-state index contributed by atoms with van der Waals surface area (Å²) >= 11 is 11.8. The van der Waals surface area contributed by atoms with E-state index in [0.29, 0.717) is 35.6 Å². The molecule has 3 rings (SSSR count). The number of benzene rings is 2. The van der Waals surface area contributed by atoms with Crippen LogP contribution >= 0.6 is 23.2 Å². The van der Waals surface area contributed by atoms with Crippen molar-refractivity contribution in [2.24, 2.45) is 11.8 Å². The molecule has 1 saturated heterocycles. The lowest BCUT2D eigenvalue weighted by atomic mass is 9.91. The van der Waals surface area contributed by atoms with Gasteiger partial charge < -0.3 is 9.64 Å². The number of ether oxygens (including phenoxy) is 1. The molecule has 1 aliphatic heterocycles. The second-order valence-corrected chi connectivity index (χ2v) is 8.78. The summed E-state index contributed by atoms with van der Waals surface area (Å²) in [5.74, 6) is -0.497. The Kier molecular flexibility index (Phi) is 7.18. The highest BCUT2D eigenvalue weighted by Crippen LogP contribution is 2.34. The van der Waals surface area contributed by atoms with E-state index in [-0.39, 0.29) is 21.8 Å². The van der Waals surface area contributed by atoms with Crippen LogP contribution in [0.15, 0.2) is 36.4 Å². The molecular formula is C22H22Cl2N2O5. The number of hydrogen-bond acceptors (Lipinski definition) is 6. The number of nitro benzene ring substituents is 1. The number of halogens is 2. The van der Waals surface area contributed by atoms with Crippen molar-refractivity contribution in [1.29, 1.82) is 0 Å². The molecule has 0 amide bonds. The Balaban J connectivity index is 1.75. The summed E-state index contributed by atoms with van der Waals surface area (Å²) in [6.07, 6.45) is 1.07. The number of rotatable bonds is 6. The number of carbonyl (C=O) groups is 2. The molecule has 164 valence electrons. The van der Waals surface area contributed by atoms with Gasteiger partial charge in [0.05, 0.1) is 15.5 Å². The van der Waals surface area contributed by atoms with E-state index in [1.807, 2.05) is 4.90 Å². The summed E-state index contributed by atoms with van der Waals surface area (Å²) in [5.41, 5.74) is 0.490. The molecule has 0 aromatic heterocycles. The van der Waals surface area contributed by atoms with Crippen LogP contribution in [0.4, 0.5) is 11.4 Å². The van der Waals surface area contributed by atoms with Gasteiger partial charge in [-0.25, -0.2) is 4.79 Å². The predicted octanol–water partition coefficient (Wildman–Crippen LogP) is 5.42. The van der Waals surface area contributed by atoms with Gasteiger partial charge in [-0.05, 0) is 48.6 Å². The molecule has 0 aliphatic carbocycles. The maximum atomic E-state index is 12.4. The Morgan fingerprint density at radius 1 is 1.13 bits per heavy atom. The lowest BCUT2D eigenvalue weighted by molar-refractivity contribution is -0.384. The average Bonchev–Trinajstić information content (AvgIpc) is 2.70. The Labute approximate surface area is 190 Å². The molecule has 0 radical (unpaired) electrons. The van der Waals surface area contributed by atoms with Crippen LogP contribution in [0.25, 0.3) is 0 Å². The Morgan fingerprint density at radius 3 is 2.42 bits per heavy atom. The smallest absolute Gasteiger partial charge is 0.338 e. The number of ketones is 1. The van der Waals surface area contributed by atoms with Crippen molar-refractivity contribution in [1.82, 2.24) is 0 Å². The van der Waals surface area contributed by atoms with Gasteiger partial charge in [0.25, 0.3) is 5.69 Å². The topological polar surface area (TPSA) is 89.8 Å². The number of hydrogen-bond donors (Lipinski definition) is 0. The van der Waals surface area contributed by atoms with Crippen LogP contribution in [0.3, 0.4) is 0 Å². The van der Waals surface area contributed by atoms with Crippen molar-refractivity contribution in [3.05, 3.63) is 67.7 Å². The minimum absolute atomic E-state index is 0.00330. The molecule has 2 aromatic carbocycles. The molecular weight excluding hydrogens is 443 g/mol. The first-order chi connectivity index (χ1) is 14.7. The SMILES string of the molecule is C[C@H]1C[C@H](C)CN(c2ccc(C(=O)OCC(=O)c3ccc(Cl)cc3Cl)cc2[N+](=O)[O-])C1. The van der Waals surface area contributed by atoms with E-state index < -0.39 is 23.3 Å². The number of piperidine rings is 1. The van der Waals surface area contributed by atoms with Crippen molar-refractivity contribution in [2.75, 3.05) is 24.6 Å². The van der Waals surface area contributed by atoms with E-state index in [2.05, 4.69) is 13.8 Å². The summed E-state index contributed by atoms with van der Waals surface area (Å²) in [4.78, 5) is 37.9. The molecule has 1 fully saturated rings. The fourth-order valence-corrected chi connectivity index (χ4v) is 4.45. The van der Waals surface area contributed by atoms with Crippen LogP contribution in [0.5, 0.6) is 0 Å². The van der Waals surface area contributed by atoms with Gasteiger partial charge in [-0.15, -0.1) is 0 Å². The van der Waals surface area contributed by atoms with E-state index in [0.717, 1.165) is 6.42 Å². The van der Waals surface area contributed by atoms with E-state index in [1.54, 1.807) is 6.07 Å². The van der Waals surface area contributed by atoms with Crippen molar-refractivity contribution in [3.8, 4) is 0 Å². The fourth-order valence-electron chi connectivity index (χ4n) is 3.93. The minimum Gasteiger partial charge on any atom is -0.454 e. The standard InChI is InChI=1S/C22H22Cl2N2O5/c1-13-7-14(2)11-25(10-13)19-6-3-15(8-20(19)26(29)30)22(28)31-12-21(27)17-5-4-16(23)9-18(17)24/h3-6,8-9,13-14H,7,10-12H2,1-2H3/t13-,14-/m0/s1. The van der Waals surface area contributed by atoms with Crippen LogP contribution in [0, 0.1) is 22.0 Å². The second kappa shape index (κ2) is 9.66. The zero-order valence-electron chi connectivity index (χ0n) is 17.1. The van der Waals surface area contributed by atoms with Crippen molar-refractivity contribution >= 4 is 46.3 Å². The number of anilines is 1. The average molecular weight is 465 g/mol. The number of esters is 1. The molecule has 0 bridgehead atoms. The summed E-state index contributed by atoms with van der Waals surface area (Å²) in [6, 6.07) is 8.61. The van der Waals surface area contributed by atoms with Gasteiger partial charge in [0.2, 0.25) is 5.78 Å². The lowest BCUT2D eigenvalue weighted by Gasteiger charge is -2.36. The molecule has 2 atom stereocenters. The summed E-state index contributed by atoms with van der Waals surface area (Å²) < 4.78 is 5.07. The third kappa shape index (κ3) is 5.54. The quantitative estimate of drug-likeness (QED) is 0.245. The van der Waals surface area contributed by atoms with E-state index in [1.165, 1.54) is 30.3 Å². The molecule has 9 heteroatoms. The van der Waals surface area contributed by atoms with Gasteiger partial charge in [-0.2, -0.15) is 0 Å². The van der Waals surface area contributed by atoms with Crippen LogP contribution in [-0.2, 0) is 4.74 Å². The van der Waals surface area contributed by atoms with E-state index in [4.69, 9.17) is 27.9 Å². The van der Waals surface area contributed by atoms with Gasteiger partial charge >= 0.3 is 5.97 Å². The van der Waals surface area contributed by atoms with Gasteiger partial charge in [0, 0.05) is 29.7 Å². The Morgan fingerprint density at radius 2 is 1.81 bits per heavy atom. The molecule has 0 saturated carbocycles. The van der Waals surface area contributed by atoms with Crippen molar-refractivity contribution in [2.45, 2.75) is 20.3 Å².